The number of pyridine rings is 1. The molecule has 0 saturated carbocycles. The molecule has 0 saturated heterocycles. The second-order valence-electron chi connectivity index (χ2n) is 6.39. The van der Waals surface area contributed by atoms with E-state index in [4.69, 9.17) is 0 Å². The highest BCUT2D eigenvalue weighted by Gasteiger charge is 2.14. The van der Waals surface area contributed by atoms with Crippen molar-refractivity contribution in [2.45, 2.75) is 6.61 Å². The zero-order chi connectivity index (χ0) is 17.7. The summed E-state index contributed by atoms with van der Waals surface area (Å²) in [6.45, 7) is 0.00313. The lowest BCUT2D eigenvalue weighted by molar-refractivity contribution is 0.282. The SMILES string of the molecule is OCc1ccc2[nH]c3c(-c4cccc5c(F)cccc45)nccc3c2c1. The van der Waals surface area contributed by atoms with Crippen molar-refractivity contribution in [2.24, 2.45) is 0 Å². The Morgan fingerprint density at radius 1 is 0.885 bits per heavy atom. The average Bonchev–Trinajstić information content (AvgIpc) is 3.06. The van der Waals surface area contributed by atoms with Gasteiger partial charge in [0.1, 0.15) is 5.82 Å². The van der Waals surface area contributed by atoms with Crippen molar-refractivity contribution >= 4 is 32.6 Å². The van der Waals surface area contributed by atoms with Gasteiger partial charge < -0.3 is 10.1 Å². The zero-order valence-electron chi connectivity index (χ0n) is 13.8. The number of benzene rings is 3. The molecule has 3 nitrogen and oxygen atoms in total. The highest BCUT2D eigenvalue weighted by Crippen LogP contribution is 2.35. The van der Waals surface area contributed by atoms with Gasteiger partial charge in [0.2, 0.25) is 0 Å². The summed E-state index contributed by atoms with van der Waals surface area (Å²) in [5, 5.41) is 12.9. The summed E-state index contributed by atoms with van der Waals surface area (Å²) in [6.07, 6.45) is 1.77. The van der Waals surface area contributed by atoms with Gasteiger partial charge in [-0.05, 0) is 35.2 Å². The van der Waals surface area contributed by atoms with E-state index in [1.54, 1.807) is 18.3 Å². The second kappa shape index (κ2) is 5.64. The number of aliphatic hydroxyl groups excluding tert-OH is 1. The first kappa shape index (κ1) is 15.0. The summed E-state index contributed by atoms with van der Waals surface area (Å²) in [4.78, 5) is 8.03. The first-order chi connectivity index (χ1) is 12.8. The third-order valence-electron chi connectivity index (χ3n) is 4.89. The van der Waals surface area contributed by atoms with E-state index in [-0.39, 0.29) is 12.4 Å². The van der Waals surface area contributed by atoms with Crippen LogP contribution in [0.1, 0.15) is 5.56 Å². The highest BCUT2D eigenvalue weighted by atomic mass is 19.1. The Bertz CT molecular complexity index is 1290. The molecule has 0 spiro atoms. The molecule has 0 aliphatic carbocycles. The first-order valence-electron chi connectivity index (χ1n) is 8.44. The van der Waals surface area contributed by atoms with Crippen LogP contribution in [0.4, 0.5) is 4.39 Å². The fraction of sp³-hybridized carbons (Fsp3) is 0.0455. The van der Waals surface area contributed by atoms with Crippen molar-refractivity contribution in [3.8, 4) is 11.3 Å². The topological polar surface area (TPSA) is 48.9 Å². The third kappa shape index (κ3) is 2.13. The number of rotatable bonds is 2. The fourth-order valence-corrected chi connectivity index (χ4v) is 3.65. The number of halogens is 1. The number of aromatic nitrogens is 2. The second-order valence-corrected chi connectivity index (χ2v) is 6.39. The standard InChI is InChI=1S/C22H15FN2O/c23-19-6-2-3-14-15(19)4-1-5-16(14)21-22-17(9-10-24-21)18-11-13(12-26)7-8-20(18)25-22/h1-11,25-26H,12H2. The Labute approximate surface area is 148 Å². The Hall–Kier alpha value is -3.24. The van der Waals surface area contributed by atoms with Crippen LogP contribution in [0, 0.1) is 5.82 Å². The normalized spacial score (nSPS) is 11.6. The van der Waals surface area contributed by atoms with E-state index in [0.29, 0.717) is 5.39 Å². The van der Waals surface area contributed by atoms with Crippen LogP contribution in [0.2, 0.25) is 0 Å². The van der Waals surface area contributed by atoms with Crippen molar-refractivity contribution in [1.82, 2.24) is 9.97 Å². The number of fused-ring (bicyclic) bond motifs is 4. The number of aromatic amines is 1. The first-order valence-corrected chi connectivity index (χ1v) is 8.44. The van der Waals surface area contributed by atoms with E-state index in [0.717, 1.165) is 44.0 Å². The minimum atomic E-state index is -0.235. The molecule has 0 unspecified atom stereocenters. The molecular formula is C22H15FN2O. The molecule has 2 heterocycles. The maximum Gasteiger partial charge on any atom is 0.131 e. The monoisotopic (exact) mass is 342 g/mol. The maximum absolute atomic E-state index is 14.2. The summed E-state index contributed by atoms with van der Waals surface area (Å²) in [7, 11) is 0. The maximum atomic E-state index is 14.2. The minimum Gasteiger partial charge on any atom is -0.392 e. The van der Waals surface area contributed by atoms with Gasteiger partial charge in [-0.1, -0.05) is 36.4 Å². The van der Waals surface area contributed by atoms with Gasteiger partial charge in [0.15, 0.2) is 0 Å². The molecule has 2 aromatic heterocycles. The van der Waals surface area contributed by atoms with E-state index >= 15 is 0 Å². The highest BCUT2D eigenvalue weighted by molar-refractivity contribution is 6.13. The van der Waals surface area contributed by atoms with Crippen LogP contribution < -0.4 is 0 Å². The molecule has 0 fully saturated rings. The molecular weight excluding hydrogens is 327 g/mol. The molecule has 26 heavy (non-hydrogen) atoms. The summed E-state index contributed by atoms with van der Waals surface area (Å²) in [6, 6.07) is 18.5. The molecule has 0 aliphatic heterocycles. The van der Waals surface area contributed by atoms with Crippen LogP contribution in [0.3, 0.4) is 0 Å². The lowest BCUT2D eigenvalue weighted by Crippen LogP contribution is -1.88. The Morgan fingerprint density at radius 3 is 2.62 bits per heavy atom. The predicted molar refractivity (Wildman–Crippen MR) is 102 cm³/mol. The molecule has 126 valence electrons. The zero-order valence-corrected chi connectivity index (χ0v) is 13.8. The van der Waals surface area contributed by atoms with Crippen molar-refractivity contribution in [1.29, 1.82) is 0 Å². The number of H-pyrrole nitrogens is 1. The van der Waals surface area contributed by atoms with Crippen LogP contribution in [-0.4, -0.2) is 15.1 Å². The number of aliphatic hydroxyl groups is 1. The molecule has 5 aromatic rings. The van der Waals surface area contributed by atoms with Crippen LogP contribution in [-0.2, 0) is 6.61 Å². The van der Waals surface area contributed by atoms with E-state index in [1.807, 2.05) is 42.5 Å². The van der Waals surface area contributed by atoms with Gasteiger partial charge in [0, 0.05) is 33.4 Å². The van der Waals surface area contributed by atoms with Crippen LogP contribution >= 0.6 is 0 Å². The van der Waals surface area contributed by atoms with Gasteiger partial charge >= 0.3 is 0 Å². The molecule has 0 aliphatic rings. The summed E-state index contributed by atoms with van der Waals surface area (Å²) < 4.78 is 14.2. The lowest BCUT2D eigenvalue weighted by Gasteiger charge is -2.08. The molecule has 0 bridgehead atoms. The van der Waals surface area contributed by atoms with Crippen LogP contribution in [0.5, 0.6) is 0 Å². The molecule has 0 radical (unpaired) electrons. The van der Waals surface area contributed by atoms with Gasteiger partial charge in [0.05, 0.1) is 17.8 Å². The molecule has 0 amide bonds. The van der Waals surface area contributed by atoms with E-state index in [1.165, 1.54) is 6.07 Å². The average molecular weight is 342 g/mol. The van der Waals surface area contributed by atoms with E-state index in [9.17, 15) is 9.50 Å². The van der Waals surface area contributed by atoms with Crippen molar-refractivity contribution in [2.75, 3.05) is 0 Å². The Kier molecular flexibility index (Phi) is 3.27. The quantitative estimate of drug-likeness (QED) is 0.465. The molecule has 4 heteroatoms. The summed E-state index contributed by atoms with van der Waals surface area (Å²) >= 11 is 0. The van der Waals surface area contributed by atoms with Gasteiger partial charge in [-0.25, -0.2) is 4.39 Å². The number of nitrogens with one attached hydrogen (secondary N) is 1. The largest absolute Gasteiger partial charge is 0.392 e. The minimum absolute atomic E-state index is 0.00313. The smallest absolute Gasteiger partial charge is 0.131 e. The molecule has 2 N–H and O–H groups in total. The third-order valence-corrected chi connectivity index (χ3v) is 4.89. The van der Waals surface area contributed by atoms with Crippen molar-refractivity contribution in [3.05, 3.63) is 78.2 Å². The van der Waals surface area contributed by atoms with Gasteiger partial charge in [-0.2, -0.15) is 0 Å². The van der Waals surface area contributed by atoms with Crippen LogP contribution in [0.15, 0.2) is 66.9 Å². The fourth-order valence-electron chi connectivity index (χ4n) is 3.65. The van der Waals surface area contributed by atoms with Gasteiger partial charge in [0.25, 0.3) is 0 Å². The van der Waals surface area contributed by atoms with E-state index < -0.39 is 0 Å². The lowest BCUT2D eigenvalue weighted by atomic mass is 10.00. The van der Waals surface area contributed by atoms with Crippen molar-refractivity contribution in [3.63, 3.8) is 0 Å². The van der Waals surface area contributed by atoms with Gasteiger partial charge in [-0.15, -0.1) is 0 Å². The molecule has 5 rings (SSSR count). The van der Waals surface area contributed by atoms with E-state index in [2.05, 4.69) is 9.97 Å². The number of hydrogen-bond donors (Lipinski definition) is 2. The number of hydrogen-bond acceptors (Lipinski definition) is 2. The molecule has 3 aromatic carbocycles. The molecule has 0 atom stereocenters. The van der Waals surface area contributed by atoms with Crippen LogP contribution in [0.25, 0.3) is 43.8 Å². The van der Waals surface area contributed by atoms with Crippen molar-refractivity contribution < 1.29 is 9.50 Å². The predicted octanol–water partition coefficient (Wildman–Crippen LogP) is 5.17. The van der Waals surface area contributed by atoms with Gasteiger partial charge in [-0.3, -0.25) is 4.98 Å². The summed E-state index contributed by atoms with van der Waals surface area (Å²) in [5.74, 6) is -0.235. The Balaban J connectivity index is 1.87. The summed E-state index contributed by atoms with van der Waals surface area (Å²) in [5.41, 5.74) is 4.44. The Morgan fingerprint density at radius 2 is 1.73 bits per heavy atom. The number of nitrogens with zero attached hydrogens (tertiary/aromatic N) is 1.